The number of hydrogen-bond donors (Lipinski definition) is 1. The SMILES string of the molecule is CC(C)n1ncc2cc(C(=O)NCC3CCS(=O)(=O)C3)cnc21. The zero-order valence-corrected chi connectivity index (χ0v) is 14.0. The van der Waals surface area contributed by atoms with Gasteiger partial charge in [-0.1, -0.05) is 0 Å². The van der Waals surface area contributed by atoms with E-state index in [1.807, 2.05) is 13.8 Å². The van der Waals surface area contributed by atoms with Crippen LogP contribution in [0.2, 0.25) is 0 Å². The van der Waals surface area contributed by atoms with Crippen LogP contribution in [0.25, 0.3) is 11.0 Å². The highest BCUT2D eigenvalue weighted by Crippen LogP contribution is 2.18. The zero-order valence-electron chi connectivity index (χ0n) is 13.2. The van der Waals surface area contributed by atoms with Crippen molar-refractivity contribution in [1.82, 2.24) is 20.1 Å². The number of amides is 1. The number of nitrogens with one attached hydrogen (secondary N) is 1. The van der Waals surface area contributed by atoms with Crippen LogP contribution in [-0.2, 0) is 9.84 Å². The monoisotopic (exact) mass is 336 g/mol. The first kappa shape index (κ1) is 15.9. The lowest BCUT2D eigenvalue weighted by Crippen LogP contribution is -2.29. The van der Waals surface area contributed by atoms with Crippen molar-refractivity contribution in [1.29, 1.82) is 0 Å². The van der Waals surface area contributed by atoms with Crippen LogP contribution < -0.4 is 5.32 Å². The molecule has 8 heteroatoms. The normalized spacial score (nSPS) is 20.2. The molecule has 0 spiro atoms. The molecule has 23 heavy (non-hydrogen) atoms. The summed E-state index contributed by atoms with van der Waals surface area (Å²) < 4.78 is 24.7. The minimum absolute atomic E-state index is 0.00401. The molecule has 0 bridgehead atoms. The summed E-state index contributed by atoms with van der Waals surface area (Å²) in [5.41, 5.74) is 1.21. The van der Waals surface area contributed by atoms with Crippen molar-refractivity contribution in [2.24, 2.45) is 5.92 Å². The van der Waals surface area contributed by atoms with Gasteiger partial charge in [0.15, 0.2) is 15.5 Å². The standard InChI is InChI=1S/C15H20N4O3S/c1-10(2)19-14-12(8-18-19)5-13(7-16-14)15(20)17-6-11-3-4-23(21,22)9-11/h5,7-8,10-11H,3-4,6,9H2,1-2H3,(H,17,20). The largest absolute Gasteiger partial charge is 0.352 e. The maximum atomic E-state index is 12.2. The number of sulfone groups is 1. The Morgan fingerprint density at radius 1 is 1.43 bits per heavy atom. The quantitative estimate of drug-likeness (QED) is 0.905. The van der Waals surface area contributed by atoms with Gasteiger partial charge in [-0.3, -0.25) is 4.79 Å². The van der Waals surface area contributed by atoms with Crippen LogP contribution in [0.1, 0.15) is 36.7 Å². The van der Waals surface area contributed by atoms with Gasteiger partial charge in [0.25, 0.3) is 5.91 Å². The fraction of sp³-hybridized carbons (Fsp3) is 0.533. The van der Waals surface area contributed by atoms with Gasteiger partial charge < -0.3 is 5.32 Å². The number of pyridine rings is 1. The average Bonchev–Trinajstić information content (AvgIpc) is 3.07. The first-order valence-electron chi connectivity index (χ1n) is 7.67. The Labute approximate surface area is 135 Å². The third kappa shape index (κ3) is 3.36. The molecule has 7 nitrogen and oxygen atoms in total. The summed E-state index contributed by atoms with van der Waals surface area (Å²) in [5, 5.41) is 7.89. The second-order valence-corrected chi connectivity index (χ2v) is 8.53. The molecular weight excluding hydrogens is 316 g/mol. The van der Waals surface area contributed by atoms with E-state index in [0.29, 0.717) is 18.5 Å². The van der Waals surface area contributed by atoms with Gasteiger partial charge in [-0.2, -0.15) is 5.10 Å². The van der Waals surface area contributed by atoms with Gasteiger partial charge in [-0.05, 0) is 32.3 Å². The van der Waals surface area contributed by atoms with E-state index < -0.39 is 9.84 Å². The van der Waals surface area contributed by atoms with Gasteiger partial charge in [0.1, 0.15) is 0 Å². The number of nitrogens with zero attached hydrogens (tertiary/aromatic N) is 3. The summed E-state index contributed by atoms with van der Waals surface area (Å²) in [5.74, 6) is 0.145. The third-order valence-electron chi connectivity index (χ3n) is 4.06. The van der Waals surface area contributed by atoms with E-state index in [-0.39, 0.29) is 29.4 Å². The Hall–Kier alpha value is -1.96. The molecule has 2 aromatic rings. The molecule has 1 unspecified atom stereocenters. The van der Waals surface area contributed by atoms with Gasteiger partial charge in [0.2, 0.25) is 0 Å². The van der Waals surface area contributed by atoms with Crippen LogP contribution in [0.5, 0.6) is 0 Å². The third-order valence-corrected chi connectivity index (χ3v) is 5.90. The number of carbonyl (C=O) groups excluding carboxylic acids is 1. The van der Waals surface area contributed by atoms with Crippen LogP contribution >= 0.6 is 0 Å². The lowest BCUT2D eigenvalue weighted by Gasteiger charge is -2.10. The van der Waals surface area contributed by atoms with E-state index in [4.69, 9.17) is 0 Å². The maximum Gasteiger partial charge on any atom is 0.252 e. The van der Waals surface area contributed by atoms with Gasteiger partial charge in [0.05, 0.1) is 23.3 Å². The second-order valence-electron chi connectivity index (χ2n) is 6.30. The molecule has 1 aliphatic rings. The lowest BCUT2D eigenvalue weighted by atomic mass is 10.1. The van der Waals surface area contributed by atoms with Crippen LogP contribution in [-0.4, -0.2) is 47.1 Å². The molecule has 3 rings (SSSR count). The fourth-order valence-corrected chi connectivity index (χ4v) is 4.68. The van der Waals surface area contributed by atoms with Crippen molar-refractivity contribution < 1.29 is 13.2 Å². The topological polar surface area (TPSA) is 94.0 Å². The molecule has 1 saturated heterocycles. The minimum atomic E-state index is -2.92. The van der Waals surface area contributed by atoms with E-state index in [2.05, 4.69) is 15.4 Å². The molecule has 1 fully saturated rings. The highest BCUT2D eigenvalue weighted by atomic mass is 32.2. The summed E-state index contributed by atoms with van der Waals surface area (Å²) in [7, 11) is -2.92. The van der Waals surface area contributed by atoms with Crippen molar-refractivity contribution in [3.05, 3.63) is 24.0 Å². The number of fused-ring (bicyclic) bond motifs is 1. The molecule has 0 saturated carbocycles. The molecule has 1 atom stereocenters. The van der Waals surface area contributed by atoms with Crippen LogP contribution in [0, 0.1) is 5.92 Å². The van der Waals surface area contributed by atoms with E-state index in [1.165, 1.54) is 6.20 Å². The molecular formula is C15H20N4O3S. The first-order valence-corrected chi connectivity index (χ1v) is 9.50. The fourth-order valence-electron chi connectivity index (χ4n) is 2.81. The summed E-state index contributed by atoms with van der Waals surface area (Å²) in [6.07, 6.45) is 3.84. The molecule has 124 valence electrons. The van der Waals surface area contributed by atoms with E-state index >= 15 is 0 Å². The van der Waals surface area contributed by atoms with Crippen LogP contribution in [0.3, 0.4) is 0 Å². The number of carbonyl (C=O) groups is 1. The Kier molecular flexibility index (Phi) is 4.09. The Morgan fingerprint density at radius 2 is 2.22 bits per heavy atom. The molecule has 1 aliphatic heterocycles. The summed E-state index contributed by atoms with van der Waals surface area (Å²) in [6.45, 7) is 4.41. The van der Waals surface area contributed by atoms with E-state index in [1.54, 1.807) is 16.9 Å². The van der Waals surface area contributed by atoms with Crippen molar-refractivity contribution >= 4 is 26.8 Å². The minimum Gasteiger partial charge on any atom is -0.352 e. The molecule has 0 aliphatic carbocycles. The van der Waals surface area contributed by atoms with Gasteiger partial charge >= 0.3 is 0 Å². The molecule has 1 amide bonds. The Bertz CT molecular complexity index is 842. The molecule has 2 aromatic heterocycles. The number of aromatic nitrogens is 3. The summed E-state index contributed by atoms with van der Waals surface area (Å²) >= 11 is 0. The lowest BCUT2D eigenvalue weighted by molar-refractivity contribution is 0.0948. The van der Waals surface area contributed by atoms with Gasteiger partial charge in [-0.15, -0.1) is 0 Å². The number of rotatable bonds is 4. The predicted molar refractivity (Wildman–Crippen MR) is 87.0 cm³/mol. The van der Waals surface area contributed by atoms with Crippen molar-refractivity contribution in [2.75, 3.05) is 18.1 Å². The van der Waals surface area contributed by atoms with Crippen LogP contribution in [0.4, 0.5) is 0 Å². The summed E-state index contributed by atoms with van der Waals surface area (Å²) in [6, 6.07) is 1.96. The zero-order chi connectivity index (χ0) is 16.6. The highest BCUT2D eigenvalue weighted by Gasteiger charge is 2.28. The maximum absolute atomic E-state index is 12.2. The van der Waals surface area contributed by atoms with E-state index in [9.17, 15) is 13.2 Å². The number of hydrogen-bond acceptors (Lipinski definition) is 5. The second kappa shape index (κ2) is 5.92. The smallest absolute Gasteiger partial charge is 0.252 e. The molecule has 0 radical (unpaired) electrons. The first-order chi connectivity index (χ1) is 10.9. The van der Waals surface area contributed by atoms with Crippen molar-refractivity contribution in [3.8, 4) is 0 Å². The van der Waals surface area contributed by atoms with Crippen molar-refractivity contribution in [3.63, 3.8) is 0 Å². The van der Waals surface area contributed by atoms with Gasteiger partial charge in [-0.25, -0.2) is 18.1 Å². The van der Waals surface area contributed by atoms with E-state index in [0.717, 1.165) is 11.0 Å². The van der Waals surface area contributed by atoms with Crippen molar-refractivity contribution in [2.45, 2.75) is 26.3 Å². The molecule has 3 heterocycles. The van der Waals surface area contributed by atoms with Crippen LogP contribution in [0.15, 0.2) is 18.5 Å². The average molecular weight is 336 g/mol. The molecule has 0 aromatic carbocycles. The summed E-state index contributed by atoms with van der Waals surface area (Å²) in [4.78, 5) is 16.5. The Balaban J connectivity index is 1.69. The molecule has 1 N–H and O–H groups in total. The Morgan fingerprint density at radius 3 is 2.87 bits per heavy atom. The predicted octanol–water partition coefficient (Wildman–Crippen LogP) is 1.18. The highest BCUT2D eigenvalue weighted by molar-refractivity contribution is 7.91. The van der Waals surface area contributed by atoms with Gasteiger partial charge in [0, 0.05) is 24.2 Å².